The van der Waals surface area contributed by atoms with E-state index in [0.717, 1.165) is 0 Å². The first-order valence-corrected chi connectivity index (χ1v) is 3.05. The van der Waals surface area contributed by atoms with E-state index in [1.165, 1.54) is 0 Å². The molecule has 2 atom stereocenters. The SMILES string of the molecule is OC12C=CC(Cl)=CC1O2. The van der Waals surface area contributed by atoms with Gasteiger partial charge in [-0.1, -0.05) is 11.6 Å². The van der Waals surface area contributed by atoms with Gasteiger partial charge in [-0.3, -0.25) is 0 Å². The Morgan fingerprint density at radius 3 is 3.11 bits per heavy atom. The molecule has 2 aliphatic rings. The van der Waals surface area contributed by atoms with Crippen molar-refractivity contribution in [2.75, 3.05) is 0 Å². The molecule has 3 heteroatoms. The van der Waals surface area contributed by atoms with Gasteiger partial charge >= 0.3 is 0 Å². The number of hydrogen-bond acceptors (Lipinski definition) is 2. The molecule has 2 unspecified atom stereocenters. The van der Waals surface area contributed by atoms with Crippen LogP contribution in [-0.4, -0.2) is 17.0 Å². The average molecular weight is 145 g/mol. The van der Waals surface area contributed by atoms with Crippen molar-refractivity contribution in [2.24, 2.45) is 0 Å². The van der Waals surface area contributed by atoms with Crippen LogP contribution >= 0.6 is 11.6 Å². The van der Waals surface area contributed by atoms with Crippen LogP contribution in [0, 0.1) is 0 Å². The average Bonchev–Trinajstić information content (AvgIpc) is 2.41. The molecule has 1 saturated heterocycles. The molecule has 0 spiro atoms. The van der Waals surface area contributed by atoms with Crippen LogP contribution in [0.1, 0.15) is 0 Å². The fourth-order valence-corrected chi connectivity index (χ4v) is 1.03. The molecule has 0 amide bonds. The Morgan fingerprint density at radius 1 is 1.78 bits per heavy atom. The Hall–Kier alpha value is -0.310. The van der Waals surface area contributed by atoms with Crippen LogP contribution in [0.3, 0.4) is 0 Å². The second kappa shape index (κ2) is 1.40. The van der Waals surface area contributed by atoms with E-state index >= 15 is 0 Å². The normalized spacial score (nSPS) is 46.0. The summed E-state index contributed by atoms with van der Waals surface area (Å²) >= 11 is 5.58. The van der Waals surface area contributed by atoms with E-state index in [-0.39, 0.29) is 6.10 Å². The maximum absolute atomic E-state index is 9.15. The highest BCUT2D eigenvalue weighted by Crippen LogP contribution is 2.40. The molecule has 0 radical (unpaired) electrons. The predicted molar refractivity (Wildman–Crippen MR) is 32.9 cm³/mol. The number of aliphatic hydroxyl groups is 1. The fraction of sp³-hybridized carbons (Fsp3) is 0.333. The van der Waals surface area contributed by atoms with Gasteiger partial charge in [-0.15, -0.1) is 0 Å². The molecule has 0 aromatic rings. The number of hydrogen-bond donors (Lipinski definition) is 1. The lowest BCUT2D eigenvalue weighted by atomic mass is 10.1. The summed E-state index contributed by atoms with van der Waals surface area (Å²) in [5.41, 5.74) is 0. The molecule has 0 saturated carbocycles. The number of ether oxygens (including phenoxy) is 1. The van der Waals surface area contributed by atoms with E-state index in [1.807, 2.05) is 0 Å². The highest BCUT2D eigenvalue weighted by molar-refractivity contribution is 6.31. The quantitative estimate of drug-likeness (QED) is 0.510. The van der Waals surface area contributed by atoms with Gasteiger partial charge in [-0.05, 0) is 18.2 Å². The van der Waals surface area contributed by atoms with Crippen molar-refractivity contribution in [1.29, 1.82) is 0 Å². The number of fused-ring (bicyclic) bond motifs is 1. The maximum Gasteiger partial charge on any atom is 0.217 e. The van der Waals surface area contributed by atoms with E-state index in [2.05, 4.69) is 0 Å². The summed E-state index contributed by atoms with van der Waals surface area (Å²) in [5.74, 6) is -1.02. The second-order valence-corrected chi connectivity index (χ2v) is 2.61. The molecule has 1 aliphatic carbocycles. The minimum absolute atomic E-state index is 0.199. The number of rotatable bonds is 0. The molecule has 1 heterocycles. The van der Waals surface area contributed by atoms with Gasteiger partial charge in [0.2, 0.25) is 5.79 Å². The summed E-state index contributed by atoms with van der Waals surface area (Å²) in [5, 5.41) is 9.78. The van der Waals surface area contributed by atoms with Crippen LogP contribution in [-0.2, 0) is 4.74 Å². The van der Waals surface area contributed by atoms with Gasteiger partial charge in [0.1, 0.15) is 6.10 Å². The van der Waals surface area contributed by atoms with Gasteiger partial charge in [0.25, 0.3) is 0 Å². The largest absolute Gasteiger partial charge is 0.360 e. The third kappa shape index (κ3) is 0.713. The summed E-state index contributed by atoms with van der Waals surface area (Å²) in [6, 6.07) is 0. The minimum Gasteiger partial charge on any atom is -0.360 e. The van der Waals surface area contributed by atoms with E-state index < -0.39 is 5.79 Å². The Labute approximate surface area is 57.4 Å². The van der Waals surface area contributed by atoms with Crippen molar-refractivity contribution in [1.82, 2.24) is 0 Å². The second-order valence-electron chi connectivity index (χ2n) is 2.18. The van der Waals surface area contributed by atoms with Gasteiger partial charge in [-0.25, -0.2) is 0 Å². The molecule has 1 fully saturated rings. The van der Waals surface area contributed by atoms with Crippen molar-refractivity contribution in [2.45, 2.75) is 11.9 Å². The number of allylic oxidation sites excluding steroid dienone is 2. The Bertz CT molecular complexity index is 209. The third-order valence-corrected chi connectivity index (χ3v) is 1.71. The van der Waals surface area contributed by atoms with Gasteiger partial charge in [0.15, 0.2) is 0 Å². The van der Waals surface area contributed by atoms with Crippen LogP contribution in [0.2, 0.25) is 0 Å². The topological polar surface area (TPSA) is 32.8 Å². The molecule has 2 nitrogen and oxygen atoms in total. The molecule has 48 valence electrons. The van der Waals surface area contributed by atoms with Gasteiger partial charge in [-0.2, -0.15) is 0 Å². The Kier molecular flexibility index (Phi) is 0.850. The first-order valence-electron chi connectivity index (χ1n) is 2.67. The number of epoxide rings is 1. The van der Waals surface area contributed by atoms with Gasteiger partial charge < -0.3 is 9.84 Å². The smallest absolute Gasteiger partial charge is 0.217 e. The van der Waals surface area contributed by atoms with Crippen molar-refractivity contribution in [3.05, 3.63) is 23.3 Å². The summed E-state index contributed by atoms with van der Waals surface area (Å²) < 4.78 is 4.84. The highest BCUT2D eigenvalue weighted by Gasteiger charge is 2.53. The molecule has 2 rings (SSSR count). The zero-order valence-corrected chi connectivity index (χ0v) is 5.30. The maximum atomic E-state index is 9.15. The van der Waals surface area contributed by atoms with Crippen molar-refractivity contribution in [3.63, 3.8) is 0 Å². The molecule has 1 aliphatic heterocycles. The molecule has 0 aromatic heterocycles. The lowest BCUT2D eigenvalue weighted by Gasteiger charge is -1.98. The molecule has 0 bridgehead atoms. The minimum atomic E-state index is -1.02. The van der Waals surface area contributed by atoms with Crippen molar-refractivity contribution in [3.8, 4) is 0 Å². The van der Waals surface area contributed by atoms with Gasteiger partial charge in [0.05, 0.1) is 0 Å². The van der Waals surface area contributed by atoms with Crippen LogP contribution < -0.4 is 0 Å². The van der Waals surface area contributed by atoms with Crippen molar-refractivity contribution >= 4 is 11.6 Å². The highest BCUT2D eigenvalue weighted by atomic mass is 35.5. The van der Waals surface area contributed by atoms with Crippen LogP contribution in [0.15, 0.2) is 23.3 Å². The summed E-state index contributed by atoms with van der Waals surface area (Å²) in [7, 11) is 0. The molecule has 9 heavy (non-hydrogen) atoms. The summed E-state index contributed by atoms with van der Waals surface area (Å²) in [6.07, 6.45) is 4.67. The zero-order valence-electron chi connectivity index (χ0n) is 4.54. The van der Waals surface area contributed by atoms with Crippen LogP contribution in [0.5, 0.6) is 0 Å². The molecule has 1 N–H and O–H groups in total. The van der Waals surface area contributed by atoms with Crippen LogP contribution in [0.4, 0.5) is 0 Å². The first-order chi connectivity index (χ1) is 4.21. The van der Waals surface area contributed by atoms with Crippen LogP contribution in [0.25, 0.3) is 0 Å². The summed E-state index contributed by atoms with van der Waals surface area (Å²) in [6.45, 7) is 0. The van der Waals surface area contributed by atoms with Crippen molar-refractivity contribution < 1.29 is 9.84 Å². The fourth-order valence-electron chi connectivity index (χ4n) is 0.856. The summed E-state index contributed by atoms with van der Waals surface area (Å²) in [4.78, 5) is 0. The predicted octanol–water partition coefficient (Wildman–Crippen LogP) is 0.766. The first kappa shape index (κ1) is 5.47. The van der Waals surface area contributed by atoms with E-state index in [4.69, 9.17) is 21.4 Å². The number of halogens is 1. The lowest BCUT2D eigenvalue weighted by molar-refractivity contribution is 0.0825. The molecular formula is C6H5ClO2. The van der Waals surface area contributed by atoms with Gasteiger partial charge in [0, 0.05) is 5.03 Å². The third-order valence-electron chi connectivity index (χ3n) is 1.46. The van der Waals surface area contributed by atoms with E-state index in [0.29, 0.717) is 5.03 Å². The molecule has 0 aromatic carbocycles. The van der Waals surface area contributed by atoms with E-state index in [9.17, 15) is 0 Å². The monoisotopic (exact) mass is 144 g/mol. The zero-order chi connectivity index (χ0) is 6.48. The standard InChI is InChI=1S/C6H5ClO2/c7-4-1-2-6(8)5(3-4)9-6/h1-3,5,8H. The molecular weight excluding hydrogens is 140 g/mol. The Balaban J connectivity index is 2.31. The lowest BCUT2D eigenvalue weighted by Crippen LogP contribution is -2.10. The Morgan fingerprint density at radius 2 is 2.56 bits per heavy atom. The van der Waals surface area contributed by atoms with E-state index in [1.54, 1.807) is 18.2 Å².